The molecule has 2 aliphatic heterocycles. The highest BCUT2D eigenvalue weighted by Gasteiger charge is 2.43. The lowest BCUT2D eigenvalue weighted by molar-refractivity contribution is 0.0653. The molecule has 2 aromatic rings. The number of carbonyl (C=O) groups excluding carboxylic acids is 2. The van der Waals surface area contributed by atoms with Crippen LogP contribution in [-0.4, -0.2) is 46.3 Å². The molecule has 0 spiro atoms. The fourth-order valence-electron chi connectivity index (χ4n) is 4.00. The molecule has 0 saturated carbocycles. The van der Waals surface area contributed by atoms with Crippen LogP contribution in [0.2, 0.25) is 5.02 Å². The van der Waals surface area contributed by atoms with E-state index in [1.54, 1.807) is 13.1 Å². The number of rotatable bonds is 3. The molecule has 0 aliphatic carbocycles. The van der Waals surface area contributed by atoms with Crippen LogP contribution < -0.4 is 15.8 Å². The van der Waals surface area contributed by atoms with Crippen LogP contribution in [0.3, 0.4) is 0 Å². The number of carbonyl (C=O) groups is 2. The Hall–Kier alpha value is -3.07. The summed E-state index contributed by atoms with van der Waals surface area (Å²) in [6.45, 7) is 2.43. The first-order chi connectivity index (χ1) is 14.2. The first-order valence-corrected chi connectivity index (χ1v) is 9.82. The van der Waals surface area contributed by atoms with Crippen molar-refractivity contribution in [1.82, 2.24) is 14.9 Å². The standard InChI is InChI=1S/C20H20ClFN4O4/c1-10-6-14-24(2)20(30)16-18(28)17(27)12(9-26(16)25(14)8-10)19(29)23-7-11-4-3-5-13(21)15(11)22/h3-5,9-10,14,28H,6-8H2,1-2H3,(H,23,29)/t10-,14-/m0/s1. The van der Waals surface area contributed by atoms with Crippen molar-refractivity contribution >= 4 is 23.4 Å². The summed E-state index contributed by atoms with van der Waals surface area (Å²) >= 11 is 5.74. The predicted octanol–water partition coefficient (Wildman–Crippen LogP) is 1.67. The largest absolute Gasteiger partial charge is 0.502 e. The van der Waals surface area contributed by atoms with Gasteiger partial charge in [-0.2, -0.15) is 0 Å². The van der Waals surface area contributed by atoms with Gasteiger partial charge in [0.25, 0.3) is 11.8 Å². The van der Waals surface area contributed by atoms with E-state index in [0.717, 1.165) is 6.42 Å². The number of halogens is 2. The van der Waals surface area contributed by atoms with E-state index in [-0.39, 0.29) is 40.5 Å². The summed E-state index contributed by atoms with van der Waals surface area (Å²) in [5.41, 5.74) is -1.32. The summed E-state index contributed by atoms with van der Waals surface area (Å²) < 4.78 is 15.4. The maximum Gasteiger partial charge on any atom is 0.277 e. The molecule has 1 fully saturated rings. The van der Waals surface area contributed by atoms with Crippen LogP contribution >= 0.6 is 11.6 Å². The third-order valence-electron chi connectivity index (χ3n) is 5.58. The number of aromatic hydroxyl groups is 1. The SMILES string of the molecule is C[C@H]1C[C@H]2N(C)C(=O)c3c(O)c(=O)c(C(=O)NCc4cccc(Cl)c4F)cn3N2C1. The van der Waals surface area contributed by atoms with Crippen LogP contribution in [0.4, 0.5) is 4.39 Å². The van der Waals surface area contributed by atoms with Crippen molar-refractivity contribution in [2.24, 2.45) is 5.92 Å². The lowest BCUT2D eigenvalue weighted by atomic mass is 10.1. The lowest BCUT2D eigenvalue weighted by Crippen LogP contribution is -2.57. The number of hydrogen-bond donors (Lipinski definition) is 2. The number of amides is 2. The number of aromatic nitrogens is 1. The first-order valence-electron chi connectivity index (χ1n) is 9.44. The number of pyridine rings is 1. The van der Waals surface area contributed by atoms with Crippen LogP contribution in [0, 0.1) is 11.7 Å². The van der Waals surface area contributed by atoms with E-state index in [9.17, 15) is 23.9 Å². The molecule has 1 aromatic heterocycles. The Morgan fingerprint density at radius 1 is 1.37 bits per heavy atom. The predicted molar refractivity (Wildman–Crippen MR) is 108 cm³/mol. The molecule has 0 unspecified atom stereocenters. The summed E-state index contributed by atoms with van der Waals surface area (Å²) in [4.78, 5) is 39.5. The summed E-state index contributed by atoms with van der Waals surface area (Å²) in [7, 11) is 1.62. The molecule has 10 heteroatoms. The Morgan fingerprint density at radius 2 is 2.10 bits per heavy atom. The van der Waals surface area contributed by atoms with Gasteiger partial charge in [0.15, 0.2) is 11.4 Å². The molecule has 8 nitrogen and oxygen atoms in total. The Labute approximate surface area is 176 Å². The highest BCUT2D eigenvalue weighted by Crippen LogP contribution is 2.31. The van der Waals surface area contributed by atoms with E-state index in [1.807, 2.05) is 11.9 Å². The van der Waals surface area contributed by atoms with Gasteiger partial charge in [-0.1, -0.05) is 30.7 Å². The van der Waals surface area contributed by atoms with Crippen LogP contribution in [-0.2, 0) is 6.54 Å². The van der Waals surface area contributed by atoms with Crippen molar-refractivity contribution in [2.45, 2.75) is 26.1 Å². The van der Waals surface area contributed by atoms with Gasteiger partial charge in [0.2, 0.25) is 5.43 Å². The van der Waals surface area contributed by atoms with Gasteiger partial charge in [0, 0.05) is 31.9 Å². The Morgan fingerprint density at radius 3 is 2.83 bits per heavy atom. The fourth-order valence-corrected chi connectivity index (χ4v) is 4.19. The maximum atomic E-state index is 14.0. The van der Waals surface area contributed by atoms with E-state index in [2.05, 4.69) is 5.32 Å². The minimum absolute atomic E-state index is 0.0786. The molecule has 30 heavy (non-hydrogen) atoms. The number of fused-ring (bicyclic) bond motifs is 3. The summed E-state index contributed by atoms with van der Waals surface area (Å²) in [5.74, 6) is -2.45. The lowest BCUT2D eigenvalue weighted by Gasteiger charge is -2.41. The topological polar surface area (TPSA) is 94.9 Å². The van der Waals surface area contributed by atoms with Crippen molar-refractivity contribution in [1.29, 1.82) is 0 Å². The molecular formula is C20H20ClFN4O4. The molecule has 158 valence electrons. The van der Waals surface area contributed by atoms with Gasteiger partial charge in [0.05, 0.1) is 5.02 Å². The molecule has 2 amide bonds. The van der Waals surface area contributed by atoms with E-state index in [4.69, 9.17) is 11.6 Å². The highest BCUT2D eigenvalue weighted by molar-refractivity contribution is 6.30. The van der Waals surface area contributed by atoms with Crippen LogP contribution in [0.1, 0.15) is 39.8 Å². The van der Waals surface area contributed by atoms with E-state index in [0.29, 0.717) is 6.54 Å². The minimum Gasteiger partial charge on any atom is -0.502 e. The summed E-state index contributed by atoms with van der Waals surface area (Å²) in [6, 6.07) is 4.39. The van der Waals surface area contributed by atoms with Gasteiger partial charge in [-0.25, -0.2) is 4.39 Å². The average molecular weight is 435 g/mol. The third-order valence-corrected chi connectivity index (χ3v) is 5.87. The average Bonchev–Trinajstić information content (AvgIpc) is 3.11. The third kappa shape index (κ3) is 3.09. The van der Waals surface area contributed by atoms with Crippen molar-refractivity contribution in [3.05, 3.63) is 62.3 Å². The van der Waals surface area contributed by atoms with Crippen molar-refractivity contribution in [3.8, 4) is 5.75 Å². The first kappa shape index (κ1) is 20.2. The van der Waals surface area contributed by atoms with Crippen LogP contribution in [0.15, 0.2) is 29.2 Å². The summed E-state index contributed by atoms with van der Waals surface area (Å²) in [5, 5.41) is 14.7. The number of nitrogens with zero attached hydrogens (tertiary/aromatic N) is 3. The monoisotopic (exact) mass is 434 g/mol. The second-order valence-corrected chi connectivity index (χ2v) is 8.08. The highest BCUT2D eigenvalue weighted by atomic mass is 35.5. The molecule has 0 bridgehead atoms. The molecule has 0 radical (unpaired) electrons. The van der Waals surface area contributed by atoms with Crippen molar-refractivity contribution < 1.29 is 19.1 Å². The minimum atomic E-state index is -0.960. The Balaban J connectivity index is 1.69. The Bertz CT molecular complexity index is 1120. The molecule has 3 heterocycles. The smallest absolute Gasteiger partial charge is 0.277 e. The van der Waals surface area contributed by atoms with Gasteiger partial charge in [-0.15, -0.1) is 0 Å². The van der Waals surface area contributed by atoms with Gasteiger partial charge < -0.3 is 15.3 Å². The molecule has 2 aliphatic rings. The van der Waals surface area contributed by atoms with Gasteiger partial charge in [0.1, 0.15) is 17.5 Å². The molecule has 4 rings (SSSR count). The molecule has 1 saturated heterocycles. The quantitative estimate of drug-likeness (QED) is 0.766. The van der Waals surface area contributed by atoms with E-state index in [1.165, 1.54) is 27.9 Å². The van der Waals surface area contributed by atoms with E-state index >= 15 is 0 Å². The second kappa shape index (κ2) is 7.32. The zero-order valence-corrected chi connectivity index (χ0v) is 17.1. The van der Waals surface area contributed by atoms with Gasteiger partial charge in [-0.3, -0.25) is 24.1 Å². The van der Waals surface area contributed by atoms with Gasteiger partial charge in [-0.05, 0) is 18.4 Å². The van der Waals surface area contributed by atoms with Gasteiger partial charge >= 0.3 is 0 Å². The van der Waals surface area contributed by atoms with Crippen molar-refractivity contribution in [2.75, 3.05) is 18.6 Å². The van der Waals surface area contributed by atoms with Crippen LogP contribution in [0.5, 0.6) is 5.75 Å². The van der Waals surface area contributed by atoms with Crippen molar-refractivity contribution in [3.63, 3.8) is 0 Å². The number of nitrogens with one attached hydrogen (secondary N) is 1. The molecule has 1 aromatic carbocycles. The maximum absolute atomic E-state index is 14.0. The summed E-state index contributed by atoms with van der Waals surface area (Å²) in [6.07, 6.45) is 1.75. The molecule has 2 N–H and O–H groups in total. The van der Waals surface area contributed by atoms with E-state index < -0.39 is 28.8 Å². The Kier molecular flexibility index (Phi) is 4.93. The molecule has 2 atom stereocenters. The molecular weight excluding hydrogens is 415 g/mol. The number of hydrogen-bond acceptors (Lipinski definition) is 5. The van der Waals surface area contributed by atoms with Crippen LogP contribution in [0.25, 0.3) is 0 Å². The second-order valence-electron chi connectivity index (χ2n) is 7.67. The zero-order valence-electron chi connectivity index (χ0n) is 16.4. The number of benzene rings is 1. The zero-order chi connectivity index (χ0) is 21.7. The normalized spacial score (nSPS) is 20.2. The fraction of sp³-hybridized carbons (Fsp3) is 0.350.